The molecule has 1 aromatic carbocycles. The zero-order valence-electron chi connectivity index (χ0n) is 18.5. The number of nitrogens with zero attached hydrogens (tertiary/aromatic N) is 5. The number of benzene rings is 1. The van der Waals surface area contributed by atoms with Gasteiger partial charge in [0, 0.05) is 29.6 Å². The summed E-state index contributed by atoms with van der Waals surface area (Å²) in [5.74, 6) is 0. The Kier molecular flexibility index (Phi) is 5.31. The van der Waals surface area contributed by atoms with Crippen LogP contribution in [0.1, 0.15) is 57.1 Å². The van der Waals surface area contributed by atoms with E-state index in [4.69, 9.17) is 10.5 Å². The van der Waals surface area contributed by atoms with E-state index in [1.807, 2.05) is 11.0 Å². The van der Waals surface area contributed by atoms with Gasteiger partial charge < -0.3 is 9.84 Å². The molecule has 4 rings (SSSR count). The fourth-order valence-corrected chi connectivity index (χ4v) is 5.59. The Hall–Kier alpha value is -3.18. The van der Waals surface area contributed by atoms with E-state index < -0.39 is 0 Å². The fourth-order valence-electron chi connectivity index (χ4n) is 5.59. The Morgan fingerprint density at radius 2 is 2.06 bits per heavy atom. The van der Waals surface area contributed by atoms with Gasteiger partial charge in [-0.05, 0) is 70.7 Å². The van der Waals surface area contributed by atoms with Crippen molar-refractivity contribution in [2.45, 2.75) is 51.4 Å². The molecule has 1 amide bonds. The van der Waals surface area contributed by atoms with Gasteiger partial charge in [-0.25, -0.2) is 5.06 Å². The molecule has 1 aliphatic heterocycles. The Morgan fingerprint density at radius 1 is 1.32 bits per heavy atom. The van der Waals surface area contributed by atoms with Gasteiger partial charge in [-0.1, -0.05) is 45.4 Å². The molecule has 0 N–H and O–H groups in total. The first-order chi connectivity index (χ1) is 14.8. The number of likely N-dealkylation sites (N-methyl/N-ethyl adjacent to an activating group) is 1. The highest BCUT2D eigenvalue weighted by Gasteiger charge is 2.45. The van der Waals surface area contributed by atoms with Crippen LogP contribution in [-0.4, -0.2) is 25.1 Å². The van der Waals surface area contributed by atoms with Crippen LogP contribution in [0.15, 0.2) is 53.5 Å². The van der Waals surface area contributed by atoms with Crippen LogP contribution in [0.2, 0.25) is 0 Å². The number of carbonyl (C=O) groups is 1. The van der Waals surface area contributed by atoms with Gasteiger partial charge in [0.2, 0.25) is 6.41 Å². The lowest BCUT2D eigenvalue weighted by atomic mass is 9.71. The number of anilines is 1. The molecule has 0 saturated heterocycles. The first-order valence-electron chi connectivity index (χ1n) is 10.7. The predicted octanol–water partition coefficient (Wildman–Crippen LogP) is 5.82. The average molecular weight is 420 g/mol. The largest absolute Gasteiger partial charge is 0.314 e. The number of allylic oxidation sites excluding steroid dienone is 4. The molecule has 3 aliphatic rings. The SMILES string of the molecule is C=CC1=C(N(C)ON=[N+]=[N-])C=C(c2ccc3c(c2)C2(CCCC2)CN3C=O)C(C)(C)C1. The lowest BCUT2D eigenvalue weighted by Gasteiger charge is -2.36. The second kappa shape index (κ2) is 7.82. The van der Waals surface area contributed by atoms with Crippen LogP contribution in [0.3, 0.4) is 0 Å². The molecule has 31 heavy (non-hydrogen) atoms. The maximum absolute atomic E-state index is 11.7. The minimum atomic E-state index is -0.119. The van der Waals surface area contributed by atoms with Crippen LogP contribution in [0.4, 0.5) is 5.69 Å². The van der Waals surface area contributed by atoms with E-state index in [9.17, 15) is 4.79 Å². The maximum atomic E-state index is 11.7. The molecule has 1 spiro atoms. The molecular weight excluding hydrogens is 390 g/mol. The summed E-state index contributed by atoms with van der Waals surface area (Å²) >= 11 is 0. The Bertz CT molecular complexity index is 1030. The molecule has 7 nitrogen and oxygen atoms in total. The number of hydroxylamine groups is 2. The van der Waals surface area contributed by atoms with Gasteiger partial charge in [0.1, 0.15) is 5.28 Å². The normalized spacial score (nSPS) is 20.7. The van der Waals surface area contributed by atoms with Crippen molar-refractivity contribution in [3.05, 3.63) is 69.8 Å². The van der Waals surface area contributed by atoms with E-state index in [1.54, 1.807) is 7.05 Å². The highest BCUT2D eigenvalue weighted by atomic mass is 16.8. The quantitative estimate of drug-likeness (QED) is 0.192. The number of rotatable bonds is 6. The van der Waals surface area contributed by atoms with E-state index in [1.165, 1.54) is 29.0 Å². The summed E-state index contributed by atoms with van der Waals surface area (Å²) in [6, 6.07) is 6.50. The zero-order valence-corrected chi connectivity index (χ0v) is 18.5. The Labute approximate surface area is 183 Å². The van der Waals surface area contributed by atoms with Crippen LogP contribution >= 0.6 is 0 Å². The number of hydrogen-bond acceptors (Lipinski definition) is 4. The van der Waals surface area contributed by atoms with Gasteiger partial charge in [-0.15, -0.1) is 0 Å². The fraction of sp³-hybridized carbons (Fsp3) is 0.458. The second-order valence-corrected chi connectivity index (χ2v) is 9.44. The summed E-state index contributed by atoms with van der Waals surface area (Å²) in [5, 5.41) is 4.71. The topological polar surface area (TPSA) is 81.5 Å². The summed E-state index contributed by atoms with van der Waals surface area (Å²) in [6.45, 7) is 9.20. The van der Waals surface area contributed by atoms with Crippen LogP contribution < -0.4 is 4.90 Å². The third kappa shape index (κ3) is 3.49. The van der Waals surface area contributed by atoms with E-state index in [2.05, 4.69) is 54.9 Å². The third-order valence-corrected chi connectivity index (χ3v) is 7.10. The molecule has 162 valence electrons. The van der Waals surface area contributed by atoms with Crippen molar-refractivity contribution in [2.24, 2.45) is 10.7 Å². The Balaban J connectivity index is 1.82. The van der Waals surface area contributed by atoms with Crippen LogP contribution in [0, 0.1) is 5.41 Å². The van der Waals surface area contributed by atoms with E-state index in [0.717, 1.165) is 54.7 Å². The van der Waals surface area contributed by atoms with Crippen LogP contribution in [-0.2, 0) is 15.1 Å². The summed E-state index contributed by atoms with van der Waals surface area (Å²) in [7, 11) is 1.72. The van der Waals surface area contributed by atoms with Crippen molar-refractivity contribution in [3.63, 3.8) is 0 Å². The lowest BCUT2D eigenvalue weighted by Crippen LogP contribution is -2.30. The molecule has 1 fully saturated rings. The third-order valence-electron chi connectivity index (χ3n) is 7.10. The van der Waals surface area contributed by atoms with E-state index >= 15 is 0 Å². The van der Waals surface area contributed by atoms with Crippen LogP contribution in [0.5, 0.6) is 0 Å². The van der Waals surface area contributed by atoms with E-state index in [-0.39, 0.29) is 10.8 Å². The van der Waals surface area contributed by atoms with Crippen molar-refractivity contribution in [1.29, 1.82) is 0 Å². The minimum Gasteiger partial charge on any atom is -0.314 e. The van der Waals surface area contributed by atoms with Crippen molar-refractivity contribution in [1.82, 2.24) is 5.06 Å². The molecule has 1 heterocycles. The minimum absolute atomic E-state index is 0.0813. The molecule has 0 bridgehead atoms. The molecule has 2 aliphatic carbocycles. The van der Waals surface area contributed by atoms with Crippen molar-refractivity contribution < 1.29 is 9.73 Å². The first-order valence-corrected chi connectivity index (χ1v) is 10.7. The summed E-state index contributed by atoms with van der Waals surface area (Å²) in [5.41, 5.74) is 15.1. The van der Waals surface area contributed by atoms with Gasteiger partial charge in [0.05, 0.1) is 5.70 Å². The van der Waals surface area contributed by atoms with Gasteiger partial charge in [0.25, 0.3) is 0 Å². The molecule has 7 heteroatoms. The number of carbonyl (C=O) groups excluding carboxylic acids is 1. The van der Waals surface area contributed by atoms with Gasteiger partial charge in [-0.2, -0.15) is 0 Å². The Morgan fingerprint density at radius 3 is 2.71 bits per heavy atom. The summed E-state index contributed by atoms with van der Waals surface area (Å²) < 4.78 is 0. The molecule has 0 radical (unpaired) electrons. The number of fused-ring (bicyclic) bond motifs is 2. The van der Waals surface area contributed by atoms with Crippen molar-refractivity contribution >= 4 is 17.7 Å². The highest BCUT2D eigenvalue weighted by Crippen LogP contribution is 2.52. The van der Waals surface area contributed by atoms with Crippen molar-refractivity contribution in [3.8, 4) is 0 Å². The highest BCUT2D eigenvalue weighted by molar-refractivity contribution is 5.84. The second-order valence-electron chi connectivity index (χ2n) is 9.44. The molecule has 0 unspecified atom stereocenters. The maximum Gasteiger partial charge on any atom is 0.214 e. The first kappa shape index (κ1) is 21.1. The smallest absolute Gasteiger partial charge is 0.214 e. The summed E-state index contributed by atoms with van der Waals surface area (Å²) in [4.78, 5) is 21.4. The zero-order chi connectivity index (χ0) is 22.2. The van der Waals surface area contributed by atoms with Gasteiger partial charge in [-0.3, -0.25) is 4.79 Å². The molecule has 0 atom stereocenters. The lowest BCUT2D eigenvalue weighted by molar-refractivity contribution is -0.111. The van der Waals surface area contributed by atoms with Gasteiger partial charge >= 0.3 is 0 Å². The van der Waals surface area contributed by atoms with E-state index in [0.29, 0.717) is 0 Å². The molecular formula is C24H29N5O2. The number of hydrogen-bond donors (Lipinski definition) is 0. The monoisotopic (exact) mass is 419 g/mol. The van der Waals surface area contributed by atoms with Gasteiger partial charge in [0.15, 0.2) is 0 Å². The van der Waals surface area contributed by atoms with Crippen molar-refractivity contribution in [2.75, 3.05) is 18.5 Å². The molecule has 1 saturated carbocycles. The standard InChI is InChI=1S/C24H29N5O2/c1-5-17-14-23(2,3)19(13-22(17)28(4)31-27-26-25)18-8-9-21-20(12-18)24(10-6-7-11-24)15-29(21)16-30/h5,8-9,12-13,16H,1,6-7,10-11,14-15H2,2-4H3. The predicted molar refractivity (Wildman–Crippen MR) is 122 cm³/mol. The summed E-state index contributed by atoms with van der Waals surface area (Å²) in [6.07, 6.45) is 10.4. The molecule has 0 aromatic heterocycles. The number of azide groups is 1. The average Bonchev–Trinajstić information content (AvgIpc) is 3.36. The van der Waals surface area contributed by atoms with Crippen LogP contribution in [0.25, 0.3) is 16.0 Å². The number of amides is 1. The molecule has 1 aromatic rings.